The minimum Gasteiger partial charge on any atom is -0.348 e. The van der Waals surface area contributed by atoms with Crippen molar-refractivity contribution in [2.45, 2.75) is 12.3 Å². The molecule has 0 aromatic heterocycles. The Kier molecular flexibility index (Phi) is 4.88. The standard InChI is InChI=1S/C19H23NO2/c1-20(2)18(15-9-5-3-6-10-15)17-13-21-19(22-14-17)16-11-7-4-8-12-16/h3-12,17-19H,13-14H2,1-2H3/t17?,18-,19?/m1/s1. The number of hydrogen-bond acceptors (Lipinski definition) is 3. The minimum atomic E-state index is -0.240. The molecule has 1 aliphatic heterocycles. The summed E-state index contributed by atoms with van der Waals surface area (Å²) in [4.78, 5) is 2.25. The molecule has 1 heterocycles. The third kappa shape index (κ3) is 3.38. The molecule has 0 radical (unpaired) electrons. The van der Waals surface area contributed by atoms with E-state index in [2.05, 4.69) is 49.3 Å². The Balaban J connectivity index is 1.69. The minimum absolute atomic E-state index is 0.240. The molecule has 3 heteroatoms. The van der Waals surface area contributed by atoms with Crippen molar-refractivity contribution >= 4 is 0 Å². The van der Waals surface area contributed by atoms with Crippen LogP contribution in [0.3, 0.4) is 0 Å². The lowest BCUT2D eigenvalue weighted by molar-refractivity contribution is -0.213. The van der Waals surface area contributed by atoms with E-state index >= 15 is 0 Å². The van der Waals surface area contributed by atoms with Gasteiger partial charge in [0.05, 0.1) is 13.2 Å². The van der Waals surface area contributed by atoms with Crippen LogP contribution in [0.2, 0.25) is 0 Å². The number of nitrogens with zero attached hydrogens (tertiary/aromatic N) is 1. The predicted octanol–water partition coefficient (Wildman–Crippen LogP) is 3.65. The van der Waals surface area contributed by atoms with E-state index in [-0.39, 0.29) is 6.29 Å². The zero-order valence-electron chi connectivity index (χ0n) is 13.2. The fourth-order valence-corrected chi connectivity index (χ4v) is 3.15. The van der Waals surface area contributed by atoms with Crippen molar-refractivity contribution < 1.29 is 9.47 Å². The smallest absolute Gasteiger partial charge is 0.183 e. The lowest BCUT2D eigenvalue weighted by atomic mass is 9.92. The quantitative estimate of drug-likeness (QED) is 0.860. The second kappa shape index (κ2) is 7.05. The first kappa shape index (κ1) is 15.2. The van der Waals surface area contributed by atoms with Gasteiger partial charge in [-0.15, -0.1) is 0 Å². The van der Waals surface area contributed by atoms with Crippen LogP contribution in [0.25, 0.3) is 0 Å². The summed E-state index contributed by atoms with van der Waals surface area (Å²) >= 11 is 0. The molecule has 0 spiro atoms. The summed E-state index contributed by atoms with van der Waals surface area (Å²) in [6.45, 7) is 1.41. The van der Waals surface area contributed by atoms with Crippen molar-refractivity contribution in [1.82, 2.24) is 4.90 Å². The van der Waals surface area contributed by atoms with E-state index in [9.17, 15) is 0 Å². The molecule has 0 bridgehead atoms. The highest BCUT2D eigenvalue weighted by Gasteiger charge is 2.31. The average Bonchev–Trinajstić information content (AvgIpc) is 2.57. The predicted molar refractivity (Wildman–Crippen MR) is 87.4 cm³/mol. The van der Waals surface area contributed by atoms with Crippen molar-refractivity contribution in [2.24, 2.45) is 5.92 Å². The zero-order chi connectivity index (χ0) is 15.4. The molecule has 1 aliphatic rings. The topological polar surface area (TPSA) is 21.7 Å². The second-order valence-electron chi connectivity index (χ2n) is 5.99. The van der Waals surface area contributed by atoms with Crippen molar-refractivity contribution in [3.05, 3.63) is 71.8 Å². The molecule has 3 nitrogen and oxygen atoms in total. The van der Waals surface area contributed by atoms with Crippen LogP contribution in [0.5, 0.6) is 0 Å². The number of ether oxygens (including phenoxy) is 2. The van der Waals surface area contributed by atoms with Gasteiger partial charge in [0.15, 0.2) is 6.29 Å². The molecule has 2 aromatic carbocycles. The maximum atomic E-state index is 5.98. The molecule has 0 unspecified atom stereocenters. The van der Waals surface area contributed by atoms with Crippen LogP contribution >= 0.6 is 0 Å². The van der Waals surface area contributed by atoms with Crippen molar-refractivity contribution in [3.8, 4) is 0 Å². The third-order valence-electron chi connectivity index (χ3n) is 4.14. The highest BCUT2D eigenvalue weighted by Crippen LogP contribution is 2.33. The van der Waals surface area contributed by atoms with Gasteiger partial charge >= 0.3 is 0 Å². The van der Waals surface area contributed by atoms with Gasteiger partial charge in [0.2, 0.25) is 0 Å². The SMILES string of the molecule is CN(C)[C@H](c1ccccc1)C1COC(c2ccccc2)OC1. The first-order valence-electron chi connectivity index (χ1n) is 7.75. The zero-order valence-corrected chi connectivity index (χ0v) is 13.2. The summed E-state index contributed by atoms with van der Waals surface area (Å²) in [7, 11) is 4.22. The van der Waals surface area contributed by atoms with Gasteiger partial charge in [-0.3, -0.25) is 0 Å². The van der Waals surface area contributed by atoms with E-state index in [1.165, 1.54) is 5.56 Å². The molecular weight excluding hydrogens is 274 g/mol. The normalized spacial score (nSPS) is 23.4. The van der Waals surface area contributed by atoms with E-state index in [0.717, 1.165) is 5.56 Å². The second-order valence-corrected chi connectivity index (χ2v) is 5.99. The molecule has 3 rings (SSSR count). The van der Waals surface area contributed by atoms with Crippen molar-refractivity contribution in [1.29, 1.82) is 0 Å². The fraction of sp³-hybridized carbons (Fsp3) is 0.368. The molecule has 1 fully saturated rings. The Morgan fingerprint density at radius 2 is 1.41 bits per heavy atom. The Labute approximate surface area is 132 Å². The Hall–Kier alpha value is -1.68. The van der Waals surface area contributed by atoms with E-state index in [1.54, 1.807) is 0 Å². The molecule has 0 amide bonds. The fourth-order valence-electron chi connectivity index (χ4n) is 3.15. The van der Waals surface area contributed by atoms with Crippen LogP contribution in [-0.4, -0.2) is 32.2 Å². The molecule has 116 valence electrons. The highest BCUT2D eigenvalue weighted by molar-refractivity contribution is 5.20. The van der Waals surface area contributed by atoms with Crippen LogP contribution in [0.15, 0.2) is 60.7 Å². The van der Waals surface area contributed by atoms with Gasteiger partial charge in [0, 0.05) is 17.5 Å². The maximum absolute atomic E-state index is 5.98. The van der Waals surface area contributed by atoms with Gasteiger partial charge in [0.25, 0.3) is 0 Å². The summed E-state index contributed by atoms with van der Waals surface area (Å²) in [6, 6.07) is 21.0. The Morgan fingerprint density at radius 1 is 0.864 bits per heavy atom. The van der Waals surface area contributed by atoms with Crippen LogP contribution in [0, 0.1) is 5.92 Å². The van der Waals surface area contributed by atoms with Crippen molar-refractivity contribution in [3.63, 3.8) is 0 Å². The lowest BCUT2D eigenvalue weighted by Gasteiger charge is -2.37. The van der Waals surface area contributed by atoms with Gasteiger partial charge in [-0.05, 0) is 19.7 Å². The van der Waals surface area contributed by atoms with Crippen LogP contribution < -0.4 is 0 Å². The lowest BCUT2D eigenvalue weighted by Crippen LogP contribution is -2.37. The van der Waals surface area contributed by atoms with E-state index in [1.807, 2.05) is 30.3 Å². The van der Waals surface area contributed by atoms with Gasteiger partial charge in [0.1, 0.15) is 0 Å². The summed E-state index contributed by atoms with van der Waals surface area (Å²) < 4.78 is 12.0. The molecule has 22 heavy (non-hydrogen) atoms. The number of hydrogen-bond donors (Lipinski definition) is 0. The molecule has 1 atom stereocenters. The van der Waals surface area contributed by atoms with E-state index < -0.39 is 0 Å². The Bertz CT molecular complexity index is 563. The maximum Gasteiger partial charge on any atom is 0.183 e. The van der Waals surface area contributed by atoms with E-state index in [4.69, 9.17) is 9.47 Å². The molecule has 1 saturated heterocycles. The van der Waals surface area contributed by atoms with Crippen LogP contribution in [0.1, 0.15) is 23.5 Å². The highest BCUT2D eigenvalue weighted by atomic mass is 16.7. The van der Waals surface area contributed by atoms with Gasteiger partial charge in [-0.25, -0.2) is 0 Å². The monoisotopic (exact) mass is 297 g/mol. The molecule has 0 N–H and O–H groups in total. The largest absolute Gasteiger partial charge is 0.348 e. The molecular formula is C19H23NO2. The third-order valence-corrected chi connectivity index (χ3v) is 4.14. The van der Waals surface area contributed by atoms with Crippen molar-refractivity contribution in [2.75, 3.05) is 27.3 Å². The summed E-state index contributed by atoms with van der Waals surface area (Å²) in [5.41, 5.74) is 2.39. The number of rotatable bonds is 4. The average molecular weight is 297 g/mol. The van der Waals surface area contributed by atoms with Gasteiger partial charge in [-0.2, -0.15) is 0 Å². The molecule has 0 saturated carbocycles. The summed E-state index contributed by atoms with van der Waals surface area (Å²) in [5, 5.41) is 0. The summed E-state index contributed by atoms with van der Waals surface area (Å²) in [6.07, 6.45) is -0.240. The van der Waals surface area contributed by atoms with Crippen LogP contribution in [-0.2, 0) is 9.47 Å². The summed E-state index contributed by atoms with van der Waals surface area (Å²) in [5.74, 6) is 0.331. The molecule has 0 aliphatic carbocycles. The Morgan fingerprint density at radius 3 is 1.95 bits per heavy atom. The first-order chi connectivity index (χ1) is 10.8. The van der Waals surface area contributed by atoms with Gasteiger partial charge < -0.3 is 14.4 Å². The first-order valence-corrected chi connectivity index (χ1v) is 7.75. The molecule has 2 aromatic rings. The number of benzene rings is 2. The van der Waals surface area contributed by atoms with E-state index in [0.29, 0.717) is 25.2 Å². The van der Waals surface area contributed by atoms with Crippen LogP contribution in [0.4, 0.5) is 0 Å². The van der Waals surface area contributed by atoms with Gasteiger partial charge in [-0.1, -0.05) is 60.7 Å².